The van der Waals surface area contributed by atoms with Crippen LogP contribution in [-0.4, -0.2) is 16.7 Å². The molecule has 0 radical (unpaired) electrons. The van der Waals surface area contributed by atoms with Crippen LogP contribution in [0.3, 0.4) is 0 Å². The minimum atomic E-state index is 0. The van der Waals surface area contributed by atoms with E-state index in [4.69, 9.17) is 4.74 Å². The van der Waals surface area contributed by atoms with Crippen molar-refractivity contribution in [2.75, 3.05) is 7.11 Å². The molecule has 0 saturated carbocycles. The van der Waals surface area contributed by atoms with E-state index in [1.54, 1.807) is 7.11 Å². The highest BCUT2D eigenvalue weighted by Crippen LogP contribution is 2.13. The van der Waals surface area contributed by atoms with Gasteiger partial charge in [0.05, 0.1) is 13.4 Å². The van der Waals surface area contributed by atoms with Crippen LogP contribution in [0.1, 0.15) is 18.4 Å². The third-order valence-electron chi connectivity index (χ3n) is 2.85. The van der Waals surface area contributed by atoms with E-state index in [0.717, 1.165) is 18.7 Å². The Morgan fingerprint density at radius 2 is 1.94 bits per heavy atom. The first-order valence-corrected chi connectivity index (χ1v) is 5.97. The molecule has 1 heterocycles. The van der Waals surface area contributed by atoms with Gasteiger partial charge in [-0.05, 0) is 37.0 Å². The average Bonchev–Trinajstić information content (AvgIpc) is 2.88. The van der Waals surface area contributed by atoms with Gasteiger partial charge in [0.1, 0.15) is 5.75 Å². The molecule has 3 nitrogen and oxygen atoms in total. The highest BCUT2D eigenvalue weighted by Gasteiger charge is 1.95. The summed E-state index contributed by atoms with van der Waals surface area (Å²) in [5.74, 6) is 0.923. The first-order valence-electron chi connectivity index (χ1n) is 5.97. The number of rotatable bonds is 6. The van der Waals surface area contributed by atoms with Crippen LogP contribution in [0.25, 0.3) is 0 Å². The van der Waals surface area contributed by atoms with Crippen LogP contribution < -0.4 is 4.74 Å². The first-order chi connectivity index (χ1) is 8.38. The van der Waals surface area contributed by atoms with E-state index in [1.807, 2.05) is 30.9 Å². The van der Waals surface area contributed by atoms with Gasteiger partial charge in [-0.25, -0.2) is 4.98 Å². The lowest BCUT2D eigenvalue weighted by atomic mass is 10.1. The van der Waals surface area contributed by atoms with Crippen molar-refractivity contribution < 1.29 is 4.74 Å². The van der Waals surface area contributed by atoms with Crippen molar-refractivity contribution in [3.8, 4) is 5.75 Å². The van der Waals surface area contributed by atoms with Gasteiger partial charge < -0.3 is 9.30 Å². The molecule has 0 aliphatic rings. The smallest absolute Gasteiger partial charge is 0.118 e. The van der Waals surface area contributed by atoms with E-state index in [1.165, 1.54) is 18.4 Å². The molecule has 0 unspecified atom stereocenters. The van der Waals surface area contributed by atoms with Crippen molar-refractivity contribution in [1.82, 2.24) is 9.55 Å². The summed E-state index contributed by atoms with van der Waals surface area (Å²) in [5, 5.41) is 0. The number of imidazole rings is 1. The Hall–Kier alpha value is -1.29. The maximum atomic E-state index is 5.13. The van der Waals surface area contributed by atoms with Crippen LogP contribution in [0.15, 0.2) is 43.0 Å². The molecule has 0 atom stereocenters. The highest BCUT2D eigenvalue weighted by atomic mass is 79.9. The lowest BCUT2D eigenvalue weighted by molar-refractivity contribution is 0.414. The second-order valence-electron chi connectivity index (χ2n) is 4.11. The third kappa shape index (κ3) is 4.53. The normalized spacial score (nSPS) is 9.83. The van der Waals surface area contributed by atoms with Crippen LogP contribution in [0.4, 0.5) is 0 Å². The Morgan fingerprint density at radius 3 is 2.56 bits per heavy atom. The van der Waals surface area contributed by atoms with Gasteiger partial charge in [0.2, 0.25) is 0 Å². The van der Waals surface area contributed by atoms with Gasteiger partial charge in [-0.15, -0.1) is 17.0 Å². The predicted octanol–water partition coefficient (Wildman–Crippen LogP) is 3.49. The highest BCUT2D eigenvalue weighted by molar-refractivity contribution is 8.93. The molecule has 0 spiro atoms. The van der Waals surface area contributed by atoms with Crippen molar-refractivity contribution in [3.63, 3.8) is 0 Å². The minimum Gasteiger partial charge on any atom is -0.497 e. The number of hydrogen-bond donors (Lipinski definition) is 0. The largest absolute Gasteiger partial charge is 0.497 e. The van der Waals surface area contributed by atoms with Crippen LogP contribution in [0, 0.1) is 0 Å². The molecule has 98 valence electrons. The maximum Gasteiger partial charge on any atom is 0.118 e. The van der Waals surface area contributed by atoms with E-state index >= 15 is 0 Å². The van der Waals surface area contributed by atoms with Crippen molar-refractivity contribution in [2.24, 2.45) is 0 Å². The fourth-order valence-electron chi connectivity index (χ4n) is 1.83. The molecule has 0 bridgehead atoms. The van der Waals surface area contributed by atoms with Gasteiger partial charge in [-0.2, -0.15) is 0 Å². The molecule has 0 aliphatic heterocycles. The first kappa shape index (κ1) is 14.8. The van der Waals surface area contributed by atoms with E-state index in [-0.39, 0.29) is 17.0 Å². The molecular weight excluding hydrogens is 292 g/mol. The van der Waals surface area contributed by atoms with E-state index in [9.17, 15) is 0 Å². The number of methoxy groups -OCH3 is 1. The molecule has 18 heavy (non-hydrogen) atoms. The zero-order valence-electron chi connectivity index (χ0n) is 10.6. The summed E-state index contributed by atoms with van der Waals surface area (Å²) in [6.45, 7) is 1.05. The van der Waals surface area contributed by atoms with E-state index in [0.29, 0.717) is 0 Å². The molecule has 4 heteroatoms. The fourth-order valence-corrected chi connectivity index (χ4v) is 1.83. The molecular formula is C14H19BrN2O. The topological polar surface area (TPSA) is 27.1 Å². The molecule has 1 aromatic carbocycles. The van der Waals surface area contributed by atoms with Crippen molar-refractivity contribution >= 4 is 17.0 Å². The predicted molar refractivity (Wildman–Crippen MR) is 78.5 cm³/mol. The number of unbranched alkanes of at least 4 members (excludes halogenated alkanes) is 1. The van der Waals surface area contributed by atoms with Gasteiger partial charge in [0.25, 0.3) is 0 Å². The lowest BCUT2D eigenvalue weighted by Crippen LogP contribution is -1.95. The summed E-state index contributed by atoms with van der Waals surface area (Å²) in [4.78, 5) is 4.03. The Morgan fingerprint density at radius 1 is 1.17 bits per heavy atom. The zero-order chi connectivity index (χ0) is 11.9. The number of ether oxygens (including phenoxy) is 1. The van der Waals surface area contributed by atoms with Gasteiger partial charge in [0.15, 0.2) is 0 Å². The number of halogens is 1. The van der Waals surface area contributed by atoms with Gasteiger partial charge >= 0.3 is 0 Å². The van der Waals surface area contributed by atoms with Crippen molar-refractivity contribution in [3.05, 3.63) is 48.5 Å². The zero-order valence-corrected chi connectivity index (χ0v) is 12.3. The number of benzene rings is 1. The van der Waals surface area contributed by atoms with Gasteiger partial charge in [-0.3, -0.25) is 0 Å². The molecule has 0 aliphatic carbocycles. The lowest BCUT2D eigenvalue weighted by Gasteiger charge is -2.04. The monoisotopic (exact) mass is 310 g/mol. The van der Waals surface area contributed by atoms with E-state index < -0.39 is 0 Å². The second kappa shape index (κ2) is 7.93. The summed E-state index contributed by atoms with van der Waals surface area (Å²) >= 11 is 0. The Bertz CT molecular complexity index is 426. The van der Waals surface area contributed by atoms with Gasteiger partial charge in [0, 0.05) is 18.9 Å². The number of aryl methyl sites for hydroxylation is 2. The quantitative estimate of drug-likeness (QED) is 0.764. The number of hydrogen-bond acceptors (Lipinski definition) is 2. The summed E-state index contributed by atoms with van der Waals surface area (Å²) in [6.07, 6.45) is 9.20. The second-order valence-corrected chi connectivity index (χ2v) is 4.11. The van der Waals surface area contributed by atoms with Crippen LogP contribution in [0.2, 0.25) is 0 Å². The Labute approximate surface area is 119 Å². The van der Waals surface area contributed by atoms with Crippen LogP contribution in [-0.2, 0) is 13.0 Å². The molecule has 0 N–H and O–H groups in total. The number of nitrogens with zero attached hydrogens (tertiary/aromatic N) is 2. The average molecular weight is 311 g/mol. The SMILES string of the molecule is Br.COc1ccc(CCCCn2ccnc2)cc1. The Balaban J connectivity index is 0.00000162. The summed E-state index contributed by atoms with van der Waals surface area (Å²) < 4.78 is 7.25. The maximum absolute atomic E-state index is 5.13. The Kier molecular flexibility index (Phi) is 6.50. The summed E-state index contributed by atoms with van der Waals surface area (Å²) in [7, 11) is 1.69. The molecule has 0 saturated heterocycles. The number of aromatic nitrogens is 2. The fraction of sp³-hybridized carbons (Fsp3) is 0.357. The molecule has 2 aromatic rings. The molecule has 1 aromatic heterocycles. The van der Waals surface area contributed by atoms with Crippen LogP contribution in [0.5, 0.6) is 5.75 Å². The molecule has 0 amide bonds. The minimum absolute atomic E-state index is 0. The molecule has 0 fully saturated rings. The standard InChI is InChI=1S/C14H18N2O.BrH/c1-17-14-7-5-13(6-8-14)4-2-3-10-16-11-9-15-12-16;/h5-9,11-12H,2-4,10H2,1H3;1H. The third-order valence-corrected chi connectivity index (χ3v) is 2.85. The summed E-state index contributed by atoms with van der Waals surface area (Å²) in [6, 6.07) is 8.31. The summed E-state index contributed by atoms with van der Waals surface area (Å²) in [5.41, 5.74) is 1.37. The molecule has 2 rings (SSSR count). The van der Waals surface area contributed by atoms with Crippen molar-refractivity contribution in [1.29, 1.82) is 0 Å². The van der Waals surface area contributed by atoms with Crippen LogP contribution >= 0.6 is 17.0 Å². The van der Waals surface area contributed by atoms with Crippen molar-refractivity contribution in [2.45, 2.75) is 25.8 Å². The van der Waals surface area contributed by atoms with E-state index in [2.05, 4.69) is 21.7 Å². The van der Waals surface area contributed by atoms with Gasteiger partial charge in [-0.1, -0.05) is 12.1 Å².